The molecule has 1 heterocycles. The van der Waals surface area contributed by atoms with Gasteiger partial charge in [0.15, 0.2) is 11.5 Å². The zero-order valence-corrected chi connectivity index (χ0v) is 7.50. The standard InChI is InChI=1S/C9H10N2O2/c1-12-7-4-3-6-5-10-11-8(6)9(7)13-2/h3-5H,1-2H3,(H,10,11). The van der Waals surface area contributed by atoms with Crippen molar-refractivity contribution >= 4 is 10.9 Å². The second kappa shape index (κ2) is 2.97. The Hall–Kier alpha value is -1.71. The fourth-order valence-electron chi connectivity index (χ4n) is 1.33. The fraction of sp³-hybridized carbons (Fsp3) is 0.222. The van der Waals surface area contributed by atoms with Crippen LogP contribution in [0.5, 0.6) is 11.5 Å². The minimum atomic E-state index is 0.692. The summed E-state index contributed by atoms with van der Waals surface area (Å²) in [7, 11) is 3.22. The molecule has 0 bridgehead atoms. The van der Waals surface area contributed by atoms with Gasteiger partial charge in [-0.2, -0.15) is 5.10 Å². The van der Waals surface area contributed by atoms with E-state index < -0.39 is 0 Å². The number of nitrogens with one attached hydrogen (secondary N) is 1. The third-order valence-corrected chi connectivity index (χ3v) is 1.96. The largest absolute Gasteiger partial charge is 0.493 e. The summed E-state index contributed by atoms with van der Waals surface area (Å²) >= 11 is 0. The van der Waals surface area contributed by atoms with Crippen molar-refractivity contribution in [1.82, 2.24) is 10.2 Å². The van der Waals surface area contributed by atoms with Crippen LogP contribution in [-0.4, -0.2) is 24.4 Å². The van der Waals surface area contributed by atoms with E-state index in [-0.39, 0.29) is 0 Å². The normalized spacial score (nSPS) is 10.3. The first kappa shape index (κ1) is 7.91. The van der Waals surface area contributed by atoms with E-state index in [1.807, 2.05) is 12.1 Å². The highest BCUT2D eigenvalue weighted by Crippen LogP contribution is 2.33. The second-order valence-electron chi connectivity index (χ2n) is 2.64. The predicted octanol–water partition coefficient (Wildman–Crippen LogP) is 1.58. The number of rotatable bonds is 2. The molecule has 68 valence electrons. The predicted molar refractivity (Wildman–Crippen MR) is 49.2 cm³/mol. The van der Waals surface area contributed by atoms with E-state index in [1.54, 1.807) is 20.4 Å². The molecule has 2 rings (SSSR count). The molecular formula is C9H10N2O2. The zero-order valence-electron chi connectivity index (χ0n) is 7.50. The van der Waals surface area contributed by atoms with Crippen LogP contribution in [0, 0.1) is 0 Å². The number of benzene rings is 1. The quantitative estimate of drug-likeness (QED) is 0.759. The van der Waals surface area contributed by atoms with Gasteiger partial charge in [-0.25, -0.2) is 0 Å². The molecule has 0 fully saturated rings. The first-order valence-corrected chi connectivity index (χ1v) is 3.91. The molecule has 0 aliphatic rings. The van der Waals surface area contributed by atoms with Crippen LogP contribution >= 0.6 is 0 Å². The Kier molecular flexibility index (Phi) is 1.81. The van der Waals surface area contributed by atoms with Gasteiger partial charge in [-0.1, -0.05) is 0 Å². The summed E-state index contributed by atoms with van der Waals surface area (Å²) in [6.45, 7) is 0. The number of ether oxygens (including phenoxy) is 2. The summed E-state index contributed by atoms with van der Waals surface area (Å²) in [5.41, 5.74) is 0.863. The smallest absolute Gasteiger partial charge is 0.186 e. The van der Waals surface area contributed by atoms with Gasteiger partial charge in [0.2, 0.25) is 0 Å². The van der Waals surface area contributed by atoms with Crippen LogP contribution in [0.25, 0.3) is 10.9 Å². The fourth-order valence-corrected chi connectivity index (χ4v) is 1.33. The average molecular weight is 178 g/mol. The zero-order chi connectivity index (χ0) is 9.26. The van der Waals surface area contributed by atoms with E-state index >= 15 is 0 Å². The van der Waals surface area contributed by atoms with Crippen LogP contribution < -0.4 is 9.47 Å². The summed E-state index contributed by atoms with van der Waals surface area (Å²) in [5, 5.41) is 7.80. The summed E-state index contributed by atoms with van der Waals surface area (Å²) in [4.78, 5) is 0. The molecule has 0 aliphatic carbocycles. The van der Waals surface area contributed by atoms with Crippen molar-refractivity contribution in [1.29, 1.82) is 0 Å². The summed E-state index contributed by atoms with van der Waals surface area (Å²) in [6, 6.07) is 3.79. The van der Waals surface area contributed by atoms with Crippen molar-refractivity contribution < 1.29 is 9.47 Å². The molecule has 0 unspecified atom stereocenters. The van der Waals surface area contributed by atoms with Crippen molar-refractivity contribution in [2.45, 2.75) is 0 Å². The van der Waals surface area contributed by atoms with Gasteiger partial charge in [-0.05, 0) is 12.1 Å². The van der Waals surface area contributed by atoms with Crippen LogP contribution in [-0.2, 0) is 0 Å². The first-order chi connectivity index (χ1) is 6.36. The highest BCUT2D eigenvalue weighted by Gasteiger charge is 2.09. The van der Waals surface area contributed by atoms with E-state index in [1.165, 1.54) is 0 Å². The first-order valence-electron chi connectivity index (χ1n) is 3.91. The Labute approximate surface area is 75.5 Å². The van der Waals surface area contributed by atoms with Gasteiger partial charge in [0.25, 0.3) is 0 Å². The number of H-pyrrole nitrogens is 1. The van der Waals surface area contributed by atoms with Crippen LogP contribution in [0.1, 0.15) is 0 Å². The molecule has 0 atom stereocenters. The SMILES string of the molecule is COc1ccc2cn[nH]c2c1OC. The van der Waals surface area contributed by atoms with Crippen molar-refractivity contribution in [3.05, 3.63) is 18.3 Å². The highest BCUT2D eigenvalue weighted by molar-refractivity contribution is 5.86. The molecule has 0 radical (unpaired) electrons. The summed E-state index contributed by atoms with van der Waals surface area (Å²) in [6.07, 6.45) is 1.75. The van der Waals surface area contributed by atoms with E-state index in [4.69, 9.17) is 9.47 Å². The Morgan fingerprint density at radius 2 is 2.08 bits per heavy atom. The maximum absolute atomic E-state index is 5.21. The molecule has 0 amide bonds. The molecule has 4 heteroatoms. The number of aromatic nitrogens is 2. The van der Waals surface area contributed by atoms with Crippen LogP contribution in [0.3, 0.4) is 0 Å². The lowest BCUT2D eigenvalue weighted by atomic mass is 10.2. The van der Waals surface area contributed by atoms with Crippen molar-refractivity contribution in [3.8, 4) is 11.5 Å². The maximum Gasteiger partial charge on any atom is 0.186 e. The topological polar surface area (TPSA) is 47.1 Å². The molecular weight excluding hydrogens is 168 g/mol. The van der Waals surface area contributed by atoms with Crippen LogP contribution in [0.15, 0.2) is 18.3 Å². The lowest BCUT2D eigenvalue weighted by molar-refractivity contribution is 0.358. The molecule has 0 saturated carbocycles. The van der Waals surface area contributed by atoms with Gasteiger partial charge >= 0.3 is 0 Å². The monoisotopic (exact) mass is 178 g/mol. The van der Waals surface area contributed by atoms with E-state index in [0.29, 0.717) is 11.5 Å². The number of fused-ring (bicyclic) bond motifs is 1. The second-order valence-corrected chi connectivity index (χ2v) is 2.64. The van der Waals surface area contributed by atoms with Crippen molar-refractivity contribution in [2.24, 2.45) is 0 Å². The molecule has 2 aromatic rings. The molecule has 13 heavy (non-hydrogen) atoms. The summed E-state index contributed by atoms with van der Waals surface area (Å²) < 4.78 is 10.4. The van der Waals surface area contributed by atoms with Crippen molar-refractivity contribution in [3.63, 3.8) is 0 Å². The number of hydrogen-bond acceptors (Lipinski definition) is 3. The molecule has 0 saturated heterocycles. The lowest BCUT2D eigenvalue weighted by Crippen LogP contribution is -1.90. The number of nitrogens with zero attached hydrogens (tertiary/aromatic N) is 1. The minimum absolute atomic E-state index is 0.692. The Morgan fingerprint density at radius 3 is 2.77 bits per heavy atom. The number of aromatic amines is 1. The Morgan fingerprint density at radius 1 is 1.23 bits per heavy atom. The number of methoxy groups -OCH3 is 2. The van der Waals surface area contributed by atoms with E-state index in [0.717, 1.165) is 10.9 Å². The Balaban J connectivity index is 2.74. The molecule has 1 N–H and O–H groups in total. The average Bonchev–Trinajstić information content (AvgIpc) is 2.63. The van der Waals surface area contributed by atoms with E-state index in [9.17, 15) is 0 Å². The molecule has 1 aromatic carbocycles. The molecule has 0 spiro atoms. The van der Waals surface area contributed by atoms with Crippen LogP contribution in [0.2, 0.25) is 0 Å². The molecule has 4 nitrogen and oxygen atoms in total. The van der Waals surface area contributed by atoms with Gasteiger partial charge in [-0.3, -0.25) is 5.10 Å². The molecule has 1 aromatic heterocycles. The summed E-state index contributed by atoms with van der Waals surface area (Å²) in [5.74, 6) is 1.40. The molecule has 0 aliphatic heterocycles. The van der Waals surface area contributed by atoms with E-state index in [2.05, 4.69) is 10.2 Å². The van der Waals surface area contributed by atoms with Crippen LogP contribution in [0.4, 0.5) is 0 Å². The van der Waals surface area contributed by atoms with Gasteiger partial charge < -0.3 is 9.47 Å². The number of hydrogen-bond donors (Lipinski definition) is 1. The maximum atomic E-state index is 5.21. The van der Waals surface area contributed by atoms with Gasteiger partial charge in [0.05, 0.1) is 20.4 Å². The minimum Gasteiger partial charge on any atom is -0.493 e. The lowest BCUT2D eigenvalue weighted by Gasteiger charge is -2.06. The Bertz CT molecular complexity index is 422. The van der Waals surface area contributed by atoms with Gasteiger partial charge in [-0.15, -0.1) is 0 Å². The third kappa shape index (κ3) is 1.11. The highest BCUT2D eigenvalue weighted by atomic mass is 16.5. The van der Waals surface area contributed by atoms with Gasteiger partial charge in [0, 0.05) is 5.39 Å². The third-order valence-electron chi connectivity index (χ3n) is 1.96. The van der Waals surface area contributed by atoms with Crippen molar-refractivity contribution in [2.75, 3.05) is 14.2 Å². The van der Waals surface area contributed by atoms with Gasteiger partial charge in [0.1, 0.15) is 5.52 Å².